The van der Waals surface area contributed by atoms with Crippen LogP contribution in [0.25, 0.3) is 5.65 Å². The zero-order chi connectivity index (χ0) is 23.4. The number of fused-ring (bicyclic) bond motifs is 1. The zero-order valence-electron chi connectivity index (χ0n) is 18.5. The van der Waals surface area contributed by atoms with Crippen LogP contribution in [0.3, 0.4) is 0 Å². The van der Waals surface area contributed by atoms with Gasteiger partial charge in [0.1, 0.15) is 17.5 Å². The molecule has 3 aromatic rings. The van der Waals surface area contributed by atoms with Gasteiger partial charge in [-0.2, -0.15) is 9.61 Å². The number of nitrogens with two attached hydrogens (primary N) is 1. The number of hydrogen-bond acceptors (Lipinski definition) is 5. The van der Waals surface area contributed by atoms with Crippen molar-refractivity contribution in [1.29, 1.82) is 0 Å². The number of carbonyl (C=O) groups excluding carboxylic acids is 2. The van der Waals surface area contributed by atoms with Crippen LogP contribution in [0.5, 0.6) is 0 Å². The van der Waals surface area contributed by atoms with E-state index in [0.717, 1.165) is 50.3 Å². The number of aromatic nitrogens is 3. The Bertz CT molecular complexity index is 1120. The molecule has 0 radical (unpaired) electrons. The summed E-state index contributed by atoms with van der Waals surface area (Å²) in [7, 11) is 0. The van der Waals surface area contributed by atoms with E-state index in [1.807, 2.05) is 23.6 Å². The number of benzene rings is 1. The van der Waals surface area contributed by atoms with Crippen LogP contribution in [0, 0.1) is 18.7 Å². The van der Waals surface area contributed by atoms with Crippen LogP contribution in [0.2, 0.25) is 0 Å². The lowest BCUT2D eigenvalue weighted by Gasteiger charge is -2.33. The number of nitrogens with zero attached hydrogens (tertiary/aromatic N) is 4. The third-order valence-corrected chi connectivity index (χ3v) is 5.63. The molecule has 0 bridgehead atoms. The number of aryl methyl sites for hydroxylation is 1. The first kappa shape index (κ1) is 22.5. The number of nitrogens with one attached hydrogen (secondary N) is 2. The van der Waals surface area contributed by atoms with Gasteiger partial charge in [0, 0.05) is 37.2 Å². The van der Waals surface area contributed by atoms with Gasteiger partial charge >= 0.3 is 6.03 Å². The summed E-state index contributed by atoms with van der Waals surface area (Å²) in [5.74, 6) is 1.43. The number of amides is 3. The Balaban J connectivity index is 0.000000318. The molecule has 1 saturated carbocycles. The molecule has 10 heteroatoms. The predicted octanol–water partition coefficient (Wildman–Crippen LogP) is 2.85. The summed E-state index contributed by atoms with van der Waals surface area (Å²) in [5, 5.41) is 10.2. The monoisotopic (exact) mass is 453 g/mol. The van der Waals surface area contributed by atoms with E-state index in [1.165, 1.54) is 12.1 Å². The standard InChI is InChI=1S/C17H23N7O2.C6H5F/c1-10-8-14-20-13(21-16(25)11-2-3-11)9-15(24(14)22-10)23-6-4-12(5-7-23)19-17(18)26;7-6-4-2-1-3-5-6/h8-9,11-12H,2-7H2,1H3,(H3,18,19,26)(H,20,21,25);1-5H. The first-order valence-corrected chi connectivity index (χ1v) is 11.1. The highest BCUT2D eigenvalue weighted by Gasteiger charge is 2.30. The third-order valence-electron chi connectivity index (χ3n) is 5.63. The average molecular weight is 454 g/mol. The van der Waals surface area contributed by atoms with Crippen LogP contribution < -0.4 is 21.3 Å². The number of primary amides is 1. The first-order valence-electron chi connectivity index (χ1n) is 11.1. The number of piperidine rings is 1. The van der Waals surface area contributed by atoms with E-state index in [-0.39, 0.29) is 23.7 Å². The molecule has 0 atom stereocenters. The molecule has 4 N–H and O–H groups in total. The predicted molar refractivity (Wildman–Crippen MR) is 123 cm³/mol. The molecular weight excluding hydrogens is 425 g/mol. The minimum absolute atomic E-state index is 0.0356. The number of urea groups is 1. The summed E-state index contributed by atoms with van der Waals surface area (Å²) in [6, 6.07) is 11.3. The van der Waals surface area contributed by atoms with Crippen molar-refractivity contribution in [2.24, 2.45) is 11.7 Å². The molecule has 9 nitrogen and oxygen atoms in total. The van der Waals surface area contributed by atoms with E-state index >= 15 is 0 Å². The topological polar surface area (TPSA) is 118 Å². The van der Waals surface area contributed by atoms with Crippen LogP contribution in [-0.4, -0.2) is 45.7 Å². The molecule has 2 aromatic heterocycles. The fourth-order valence-electron chi connectivity index (χ4n) is 3.81. The molecule has 1 aliphatic carbocycles. The molecule has 5 rings (SSSR count). The number of anilines is 2. The van der Waals surface area contributed by atoms with Crippen LogP contribution in [0.1, 0.15) is 31.4 Å². The number of hydrogen-bond donors (Lipinski definition) is 3. The highest BCUT2D eigenvalue weighted by atomic mass is 19.1. The molecule has 0 spiro atoms. The SMILES string of the molecule is Cc1cc2nc(NC(=O)C3CC3)cc(N3CCC(NC(N)=O)CC3)n2n1.Fc1ccccc1. The van der Waals surface area contributed by atoms with Crippen molar-refractivity contribution in [3.63, 3.8) is 0 Å². The smallest absolute Gasteiger partial charge is 0.312 e. The van der Waals surface area contributed by atoms with Crippen LogP contribution in [-0.2, 0) is 4.79 Å². The average Bonchev–Trinajstić information content (AvgIpc) is 3.56. The molecular formula is C23H28FN7O2. The largest absolute Gasteiger partial charge is 0.356 e. The van der Waals surface area contributed by atoms with Crippen molar-refractivity contribution in [2.45, 2.75) is 38.6 Å². The van der Waals surface area contributed by atoms with Crippen molar-refractivity contribution in [2.75, 3.05) is 23.3 Å². The number of carbonyl (C=O) groups is 2. The summed E-state index contributed by atoms with van der Waals surface area (Å²) in [6.07, 6.45) is 3.51. The second-order valence-corrected chi connectivity index (χ2v) is 8.38. The second-order valence-electron chi connectivity index (χ2n) is 8.38. The maximum absolute atomic E-state index is 12.1. The van der Waals surface area contributed by atoms with Gasteiger partial charge in [-0.05, 0) is 44.7 Å². The van der Waals surface area contributed by atoms with E-state index in [1.54, 1.807) is 18.2 Å². The van der Waals surface area contributed by atoms with Crippen LogP contribution >= 0.6 is 0 Å². The van der Waals surface area contributed by atoms with Crippen molar-refractivity contribution < 1.29 is 14.0 Å². The highest BCUT2D eigenvalue weighted by Crippen LogP contribution is 2.31. The number of rotatable bonds is 4. The number of halogens is 1. The Morgan fingerprint density at radius 2 is 1.79 bits per heavy atom. The Morgan fingerprint density at radius 3 is 2.36 bits per heavy atom. The lowest BCUT2D eigenvalue weighted by atomic mass is 10.1. The van der Waals surface area contributed by atoms with Gasteiger partial charge in [0.05, 0.1) is 5.69 Å². The summed E-state index contributed by atoms with van der Waals surface area (Å²) in [6.45, 7) is 3.45. The third kappa shape index (κ3) is 5.97. The lowest BCUT2D eigenvalue weighted by molar-refractivity contribution is -0.117. The van der Waals surface area contributed by atoms with Crippen molar-refractivity contribution >= 4 is 29.2 Å². The van der Waals surface area contributed by atoms with E-state index < -0.39 is 6.03 Å². The van der Waals surface area contributed by atoms with Gasteiger partial charge in [0.25, 0.3) is 0 Å². The highest BCUT2D eigenvalue weighted by molar-refractivity contribution is 5.93. The van der Waals surface area contributed by atoms with Gasteiger partial charge in [-0.3, -0.25) is 4.79 Å². The molecule has 1 saturated heterocycles. The fraction of sp³-hybridized carbons (Fsp3) is 0.391. The Morgan fingerprint density at radius 1 is 1.09 bits per heavy atom. The minimum atomic E-state index is -0.484. The quantitative estimate of drug-likeness (QED) is 0.562. The van der Waals surface area contributed by atoms with Gasteiger partial charge in [-0.1, -0.05) is 18.2 Å². The van der Waals surface area contributed by atoms with E-state index in [0.29, 0.717) is 11.5 Å². The van der Waals surface area contributed by atoms with Gasteiger partial charge in [-0.15, -0.1) is 0 Å². The lowest BCUT2D eigenvalue weighted by Crippen LogP contribution is -2.46. The molecule has 0 unspecified atom stereocenters. The summed E-state index contributed by atoms with van der Waals surface area (Å²) < 4.78 is 13.7. The molecule has 2 aliphatic rings. The summed E-state index contributed by atoms with van der Waals surface area (Å²) >= 11 is 0. The van der Waals surface area contributed by atoms with Crippen molar-refractivity contribution in [3.8, 4) is 0 Å². The molecule has 33 heavy (non-hydrogen) atoms. The van der Waals surface area contributed by atoms with E-state index in [4.69, 9.17) is 5.73 Å². The van der Waals surface area contributed by atoms with Crippen molar-refractivity contribution in [1.82, 2.24) is 19.9 Å². The molecule has 2 fully saturated rings. The van der Waals surface area contributed by atoms with Crippen molar-refractivity contribution in [3.05, 3.63) is 54.0 Å². The Hall–Kier alpha value is -3.69. The van der Waals surface area contributed by atoms with Gasteiger partial charge in [0.15, 0.2) is 5.65 Å². The Kier molecular flexibility index (Phi) is 6.71. The van der Waals surface area contributed by atoms with Gasteiger partial charge in [-0.25, -0.2) is 14.2 Å². The molecule has 3 heterocycles. The van der Waals surface area contributed by atoms with Gasteiger partial charge in [0.2, 0.25) is 5.91 Å². The fourth-order valence-corrected chi connectivity index (χ4v) is 3.81. The van der Waals surface area contributed by atoms with Crippen LogP contribution in [0.4, 0.5) is 20.8 Å². The normalized spacial score (nSPS) is 16.1. The zero-order valence-corrected chi connectivity index (χ0v) is 18.5. The Labute approximate surface area is 191 Å². The molecule has 1 aromatic carbocycles. The maximum Gasteiger partial charge on any atom is 0.312 e. The van der Waals surface area contributed by atoms with Crippen LogP contribution in [0.15, 0.2) is 42.5 Å². The van der Waals surface area contributed by atoms with E-state index in [9.17, 15) is 14.0 Å². The van der Waals surface area contributed by atoms with E-state index in [2.05, 4.69) is 25.6 Å². The molecule has 1 aliphatic heterocycles. The molecule has 174 valence electrons. The second kappa shape index (κ2) is 9.85. The summed E-state index contributed by atoms with van der Waals surface area (Å²) in [5.41, 5.74) is 6.80. The summed E-state index contributed by atoms with van der Waals surface area (Å²) in [4.78, 5) is 29.9. The maximum atomic E-state index is 12.1. The first-order chi connectivity index (χ1) is 15.9. The molecule has 3 amide bonds. The van der Waals surface area contributed by atoms with Gasteiger partial charge < -0.3 is 21.3 Å². The minimum Gasteiger partial charge on any atom is -0.356 e.